The predicted molar refractivity (Wildman–Crippen MR) is 88.4 cm³/mol. The molecule has 0 aromatic heterocycles. The highest BCUT2D eigenvalue weighted by Crippen LogP contribution is 2.30. The quantitative estimate of drug-likeness (QED) is 0.478. The van der Waals surface area contributed by atoms with Crippen molar-refractivity contribution in [3.05, 3.63) is 33.9 Å². The molecule has 0 amide bonds. The molecule has 0 N–H and O–H groups in total. The zero-order valence-electron chi connectivity index (χ0n) is 13.6. The van der Waals surface area contributed by atoms with Gasteiger partial charge in [0.15, 0.2) is 0 Å². The van der Waals surface area contributed by atoms with Crippen molar-refractivity contribution in [1.29, 1.82) is 0 Å². The van der Waals surface area contributed by atoms with E-state index < -0.39 is 10.9 Å². The van der Waals surface area contributed by atoms with Crippen LogP contribution in [0.3, 0.4) is 0 Å². The van der Waals surface area contributed by atoms with Gasteiger partial charge in [-0.05, 0) is 37.8 Å². The van der Waals surface area contributed by atoms with Crippen molar-refractivity contribution in [2.24, 2.45) is 0 Å². The van der Waals surface area contributed by atoms with Crippen LogP contribution in [0.1, 0.15) is 42.5 Å². The molecular weight excluding hydrogens is 312 g/mol. The number of morpholine rings is 1. The van der Waals surface area contributed by atoms with Crippen LogP contribution < -0.4 is 4.90 Å². The fraction of sp³-hybridized carbons (Fsp3) is 0.588. The number of anilines is 1. The lowest BCUT2D eigenvalue weighted by molar-refractivity contribution is -0.384. The van der Waals surface area contributed by atoms with E-state index in [4.69, 9.17) is 9.47 Å². The maximum Gasteiger partial charge on any atom is 0.338 e. The minimum Gasteiger partial charge on any atom is -0.459 e. The molecule has 7 nitrogen and oxygen atoms in total. The second kappa shape index (κ2) is 7.61. The van der Waals surface area contributed by atoms with Gasteiger partial charge in [-0.3, -0.25) is 10.1 Å². The van der Waals surface area contributed by atoms with E-state index in [1.165, 1.54) is 12.5 Å². The van der Waals surface area contributed by atoms with Crippen LogP contribution >= 0.6 is 0 Å². The van der Waals surface area contributed by atoms with E-state index in [1.54, 1.807) is 12.1 Å². The first-order chi connectivity index (χ1) is 11.6. The molecule has 24 heavy (non-hydrogen) atoms. The summed E-state index contributed by atoms with van der Waals surface area (Å²) in [5, 5.41) is 11.4. The highest BCUT2D eigenvalue weighted by molar-refractivity contribution is 5.91. The monoisotopic (exact) mass is 334 g/mol. The number of rotatable bonds is 4. The van der Waals surface area contributed by atoms with Gasteiger partial charge in [-0.1, -0.05) is 6.42 Å². The summed E-state index contributed by atoms with van der Waals surface area (Å²) in [4.78, 5) is 25.2. The molecule has 130 valence electrons. The van der Waals surface area contributed by atoms with Crippen LogP contribution in [0, 0.1) is 10.1 Å². The molecule has 0 unspecified atom stereocenters. The second-order valence-corrected chi connectivity index (χ2v) is 6.23. The Morgan fingerprint density at radius 3 is 2.58 bits per heavy atom. The van der Waals surface area contributed by atoms with Gasteiger partial charge in [-0.25, -0.2) is 4.79 Å². The lowest BCUT2D eigenvalue weighted by Gasteiger charge is -2.28. The summed E-state index contributed by atoms with van der Waals surface area (Å²) < 4.78 is 10.8. The predicted octanol–water partition coefficient (Wildman–Crippen LogP) is 2.92. The largest absolute Gasteiger partial charge is 0.459 e. The van der Waals surface area contributed by atoms with Gasteiger partial charge in [0.1, 0.15) is 11.8 Å². The molecule has 0 radical (unpaired) electrons. The Bertz CT molecular complexity index is 607. The van der Waals surface area contributed by atoms with Gasteiger partial charge >= 0.3 is 5.97 Å². The van der Waals surface area contributed by atoms with E-state index in [-0.39, 0.29) is 17.4 Å². The molecule has 7 heteroatoms. The smallest absolute Gasteiger partial charge is 0.338 e. The van der Waals surface area contributed by atoms with Crippen molar-refractivity contribution in [3.8, 4) is 0 Å². The summed E-state index contributed by atoms with van der Waals surface area (Å²) in [6.07, 6.45) is 4.99. The minimum absolute atomic E-state index is 0.0602. The Hall–Kier alpha value is -2.15. The van der Waals surface area contributed by atoms with E-state index >= 15 is 0 Å². The van der Waals surface area contributed by atoms with Crippen LogP contribution in [0.5, 0.6) is 0 Å². The molecule has 0 bridgehead atoms. The Kier molecular flexibility index (Phi) is 5.30. The van der Waals surface area contributed by atoms with Gasteiger partial charge in [0.05, 0.1) is 23.7 Å². The molecule has 1 aromatic rings. The van der Waals surface area contributed by atoms with Crippen LogP contribution in [0.25, 0.3) is 0 Å². The van der Waals surface area contributed by atoms with E-state index in [1.807, 2.05) is 4.90 Å². The van der Waals surface area contributed by atoms with Crippen LogP contribution in [-0.2, 0) is 9.47 Å². The van der Waals surface area contributed by atoms with E-state index in [2.05, 4.69) is 0 Å². The Labute approximate surface area is 140 Å². The molecule has 2 fully saturated rings. The molecular formula is C17H22N2O5. The van der Waals surface area contributed by atoms with Crippen molar-refractivity contribution >= 4 is 17.3 Å². The van der Waals surface area contributed by atoms with Crippen molar-refractivity contribution < 1.29 is 19.2 Å². The Morgan fingerprint density at radius 1 is 1.21 bits per heavy atom. The fourth-order valence-corrected chi connectivity index (χ4v) is 3.27. The number of esters is 1. The molecule has 1 saturated heterocycles. The first kappa shape index (κ1) is 16.7. The SMILES string of the molecule is O=C(OC1CCCCC1)c1ccc(N2CCOCC2)c([N+](=O)[O-])c1. The summed E-state index contributed by atoms with van der Waals surface area (Å²) >= 11 is 0. The third-order valence-corrected chi connectivity index (χ3v) is 4.59. The summed E-state index contributed by atoms with van der Waals surface area (Å²) in [7, 11) is 0. The number of nitro groups is 1. The van der Waals surface area contributed by atoms with E-state index in [0.29, 0.717) is 32.0 Å². The standard InChI is InChI=1S/C17H22N2O5/c20-17(24-14-4-2-1-3-5-14)13-6-7-15(16(12-13)19(21)22)18-8-10-23-11-9-18/h6-7,12,14H,1-5,8-11H2. The number of nitro benzene ring substituents is 1. The zero-order chi connectivity index (χ0) is 16.9. The number of carbonyl (C=O) groups excluding carboxylic acids is 1. The fourth-order valence-electron chi connectivity index (χ4n) is 3.27. The highest BCUT2D eigenvalue weighted by Gasteiger charge is 2.25. The first-order valence-electron chi connectivity index (χ1n) is 8.47. The lowest BCUT2D eigenvalue weighted by atomic mass is 9.98. The molecule has 0 spiro atoms. The normalized spacial score (nSPS) is 19.1. The van der Waals surface area contributed by atoms with Crippen LogP contribution in [0.15, 0.2) is 18.2 Å². The first-order valence-corrected chi connectivity index (χ1v) is 8.47. The topological polar surface area (TPSA) is 81.9 Å². The average molecular weight is 334 g/mol. The van der Waals surface area contributed by atoms with Gasteiger partial charge in [0.25, 0.3) is 5.69 Å². The molecule has 1 aromatic carbocycles. The number of hydrogen-bond acceptors (Lipinski definition) is 6. The third kappa shape index (κ3) is 3.84. The summed E-state index contributed by atoms with van der Waals surface area (Å²) in [5.74, 6) is -0.474. The number of carbonyl (C=O) groups is 1. The average Bonchev–Trinajstić information content (AvgIpc) is 2.62. The van der Waals surface area contributed by atoms with Crippen LogP contribution in [0.2, 0.25) is 0 Å². The van der Waals surface area contributed by atoms with Gasteiger partial charge in [-0.15, -0.1) is 0 Å². The van der Waals surface area contributed by atoms with Gasteiger partial charge in [-0.2, -0.15) is 0 Å². The number of benzene rings is 1. The molecule has 1 aliphatic heterocycles. The molecule has 0 atom stereocenters. The van der Waals surface area contributed by atoms with Gasteiger partial charge < -0.3 is 14.4 Å². The highest BCUT2D eigenvalue weighted by atomic mass is 16.6. The lowest BCUT2D eigenvalue weighted by Crippen LogP contribution is -2.36. The second-order valence-electron chi connectivity index (χ2n) is 6.23. The maximum atomic E-state index is 12.3. The molecule has 2 aliphatic rings. The maximum absolute atomic E-state index is 12.3. The molecule has 1 saturated carbocycles. The van der Waals surface area contributed by atoms with Gasteiger partial charge in [0.2, 0.25) is 0 Å². The molecule has 3 rings (SSSR count). The van der Waals surface area contributed by atoms with Crippen molar-refractivity contribution in [2.45, 2.75) is 38.2 Å². The van der Waals surface area contributed by atoms with Crippen LogP contribution in [0.4, 0.5) is 11.4 Å². The summed E-state index contributed by atoms with van der Waals surface area (Å²) in [6, 6.07) is 4.58. The molecule has 1 aliphatic carbocycles. The molecule has 1 heterocycles. The Balaban J connectivity index is 1.77. The van der Waals surface area contributed by atoms with Gasteiger partial charge in [0, 0.05) is 19.2 Å². The number of hydrogen-bond donors (Lipinski definition) is 0. The van der Waals surface area contributed by atoms with Crippen molar-refractivity contribution in [1.82, 2.24) is 0 Å². The number of ether oxygens (including phenoxy) is 2. The van der Waals surface area contributed by atoms with Crippen LogP contribution in [-0.4, -0.2) is 43.3 Å². The van der Waals surface area contributed by atoms with Crippen molar-refractivity contribution in [3.63, 3.8) is 0 Å². The van der Waals surface area contributed by atoms with E-state index in [0.717, 1.165) is 25.7 Å². The van der Waals surface area contributed by atoms with Crippen molar-refractivity contribution in [2.75, 3.05) is 31.2 Å². The minimum atomic E-state index is -0.474. The number of nitrogens with zero attached hydrogens (tertiary/aromatic N) is 2. The summed E-state index contributed by atoms with van der Waals surface area (Å²) in [5.41, 5.74) is 0.705. The van der Waals surface area contributed by atoms with E-state index in [9.17, 15) is 14.9 Å². The summed E-state index contributed by atoms with van der Waals surface area (Å²) in [6.45, 7) is 2.30. The third-order valence-electron chi connectivity index (χ3n) is 4.59. The Morgan fingerprint density at radius 2 is 1.92 bits per heavy atom. The zero-order valence-corrected chi connectivity index (χ0v) is 13.6.